The Morgan fingerprint density at radius 2 is 2.07 bits per heavy atom. The minimum Gasteiger partial charge on any atom is -0.337 e. The molecule has 3 aromatic rings. The monoisotopic (exact) mass is 402 g/mol. The van der Waals surface area contributed by atoms with E-state index in [-0.39, 0.29) is 5.91 Å². The van der Waals surface area contributed by atoms with Crippen molar-refractivity contribution in [2.45, 2.75) is 32.2 Å². The normalized spacial score (nSPS) is 14.0. The lowest BCUT2D eigenvalue weighted by molar-refractivity contribution is 0.0787. The fourth-order valence-corrected chi connectivity index (χ4v) is 3.80. The second-order valence-electron chi connectivity index (χ2n) is 7.15. The van der Waals surface area contributed by atoms with Crippen LogP contribution in [0, 0.1) is 6.92 Å². The third-order valence-electron chi connectivity index (χ3n) is 5.00. The van der Waals surface area contributed by atoms with E-state index in [9.17, 15) is 4.79 Å². The molecular formula is C20H20Cl2N4O. The number of halogens is 2. The highest BCUT2D eigenvalue weighted by atomic mass is 35.5. The van der Waals surface area contributed by atoms with Crippen molar-refractivity contribution >= 4 is 40.1 Å². The largest absolute Gasteiger partial charge is 0.337 e. The van der Waals surface area contributed by atoms with Gasteiger partial charge in [0.2, 0.25) is 0 Å². The van der Waals surface area contributed by atoms with Crippen LogP contribution in [0.5, 0.6) is 0 Å². The number of amides is 1. The Labute approximate surface area is 167 Å². The van der Waals surface area contributed by atoms with Crippen LogP contribution in [-0.4, -0.2) is 32.6 Å². The number of pyridine rings is 1. The van der Waals surface area contributed by atoms with E-state index in [1.54, 1.807) is 22.7 Å². The molecule has 140 valence electrons. The maximum absolute atomic E-state index is 13.3. The van der Waals surface area contributed by atoms with E-state index >= 15 is 0 Å². The molecule has 1 amide bonds. The molecule has 0 radical (unpaired) electrons. The molecule has 0 saturated heterocycles. The van der Waals surface area contributed by atoms with E-state index < -0.39 is 0 Å². The Balaban J connectivity index is 1.74. The molecule has 1 aliphatic rings. The van der Waals surface area contributed by atoms with Gasteiger partial charge in [0.1, 0.15) is 0 Å². The van der Waals surface area contributed by atoms with Crippen LogP contribution < -0.4 is 0 Å². The van der Waals surface area contributed by atoms with Crippen molar-refractivity contribution in [1.82, 2.24) is 19.7 Å². The van der Waals surface area contributed by atoms with Gasteiger partial charge in [-0.15, -0.1) is 0 Å². The minimum atomic E-state index is -0.0727. The molecule has 7 heteroatoms. The molecule has 2 aromatic heterocycles. The van der Waals surface area contributed by atoms with Crippen molar-refractivity contribution in [3.05, 3.63) is 56.8 Å². The smallest absolute Gasteiger partial charge is 0.254 e. The van der Waals surface area contributed by atoms with Crippen molar-refractivity contribution in [2.24, 2.45) is 7.05 Å². The van der Waals surface area contributed by atoms with Gasteiger partial charge in [-0.2, -0.15) is 5.10 Å². The standard InChI is InChI=1S/C20H20Cl2N4O/c1-11-17-14(9-16(12-7-8-12)23-19(17)26(3)24-11)20(27)25(2)10-13-5-4-6-15(21)18(13)22/h4-6,9,12H,7-8,10H2,1-3H3. The summed E-state index contributed by atoms with van der Waals surface area (Å²) in [6.45, 7) is 2.28. The van der Waals surface area contributed by atoms with E-state index in [4.69, 9.17) is 28.2 Å². The van der Waals surface area contributed by atoms with Gasteiger partial charge in [-0.05, 0) is 37.5 Å². The summed E-state index contributed by atoms with van der Waals surface area (Å²) in [5.74, 6) is 0.375. The number of hydrogen-bond donors (Lipinski definition) is 0. The average Bonchev–Trinajstić information content (AvgIpc) is 3.44. The third-order valence-corrected chi connectivity index (χ3v) is 5.86. The number of aromatic nitrogens is 3. The molecule has 1 fully saturated rings. The molecular weight excluding hydrogens is 383 g/mol. The van der Waals surface area contributed by atoms with Gasteiger partial charge in [0.25, 0.3) is 5.91 Å². The quantitative estimate of drug-likeness (QED) is 0.633. The Kier molecular flexibility index (Phi) is 4.60. The number of nitrogens with zero attached hydrogens (tertiary/aromatic N) is 4. The molecule has 1 saturated carbocycles. The molecule has 1 aliphatic carbocycles. The van der Waals surface area contributed by atoms with Crippen LogP contribution in [-0.2, 0) is 13.6 Å². The lowest BCUT2D eigenvalue weighted by Crippen LogP contribution is -2.27. The van der Waals surface area contributed by atoms with Gasteiger partial charge in [0, 0.05) is 32.3 Å². The Bertz CT molecular complexity index is 1060. The van der Waals surface area contributed by atoms with Gasteiger partial charge in [-0.25, -0.2) is 4.98 Å². The number of hydrogen-bond acceptors (Lipinski definition) is 3. The van der Waals surface area contributed by atoms with Crippen LogP contribution in [0.15, 0.2) is 24.3 Å². The zero-order valence-corrected chi connectivity index (χ0v) is 17.0. The summed E-state index contributed by atoms with van der Waals surface area (Å²) in [5, 5.41) is 6.25. The van der Waals surface area contributed by atoms with Crippen LogP contribution >= 0.6 is 23.2 Å². The summed E-state index contributed by atoms with van der Waals surface area (Å²) >= 11 is 12.4. The summed E-state index contributed by atoms with van der Waals surface area (Å²) < 4.78 is 1.75. The van der Waals surface area contributed by atoms with Crippen LogP contribution in [0.25, 0.3) is 11.0 Å². The van der Waals surface area contributed by atoms with E-state index in [0.29, 0.717) is 28.1 Å². The fraction of sp³-hybridized carbons (Fsp3) is 0.350. The Morgan fingerprint density at radius 1 is 1.33 bits per heavy atom. The summed E-state index contributed by atoms with van der Waals surface area (Å²) in [6, 6.07) is 7.39. The molecule has 0 bridgehead atoms. The molecule has 0 N–H and O–H groups in total. The van der Waals surface area contributed by atoms with Gasteiger partial charge >= 0.3 is 0 Å². The maximum atomic E-state index is 13.3. The van der Waals surface area contributed by atoms with Crippen LogP contribution in [0.2, 0.25) is 10.0 Å². The molecule has 0 aliphatic heterocycles. The number of carbonyl (C=O) groups excluding carboxylic acids is 1. The molecule has 1 aromatic carbocycles. The van der Waals surface area contributed by atoms with E-state index in [1.165, 1.54) is 0 Å². The number of benzene rings is 1. The molecule has 5 nitrogen and oxygen atoms in total. The molecule has 4 rings (SSSR count). The van der Waals surface area contributed by atoms with E-state index in [1.807, 2.05) is 32.2 Å². The van der Waals surface area contributed by atoms with Gasteiger partial charge in [0.05, 0.1) is 26.7 Å². The zero-order valence-electron chi connectivity index (χ0n) is 15.5. The lowest BCUT2D eigenvalue weighted by atomic mass is 10.1. The summed E-state index contributed by atoms with van der Waals surface area (Å²) in [7, 11) is 3.64. The van der Waals surface area contributed by atoms with Gasteiger partial charge in [-0.3, -0.25) is 9.48 Å². The second kappa shape index (κ2) is 6.80. The predicted octanol–water partition coefficient (Wildman–Crippen LogP) is 4.73. The molecule has 2 heterocycles. The fourth-order valence-electron chi connectivity index (χ4n) is 3.42. The highest BCUT2D eigenvalue weighted by Crippen LogP contribution is 2.40. The SMILES string of the molecule is Cc1nn(C)c2nc(C3CC3)cc(C(=O)N(C)Cc3cccc(Cl)c3Cl)c12. The predicted molar refractivity (Wildman–Crippen MR) is 107 cm³/mol. The highest BCUT2D eigenvalue weighted by molar-refractivity contribution is 6.42. The first-order chi connectivity index (χ1) is 12.9. The van der Waals surface area contributed by atoms with E-state index in [0.717, 1.165) is 40.8 Å². The first-order valence-corrected chi connectivity index (χ1v) is 9.65. The van der Waals surface area contributed by atoms with Crippen molar-refractivity contribution < 1.29 is 4.79 Å². The molecule has 27 heavy (non-hydrogen) atoms. The Hall–Kier alpha value is -2.11. The first kappa shape index (κ1) is 18.3. The topological polar surface area (TPSA) is 51.0 Å². The molecule has 0 spiro atoms. The van der Waals surface area contributed by atoms with Gasteiger partial charge in [-0.1, -0.05) is 35.3 Å². The molecule has 0 atom stereocenters. The van der Waals surface area contributed by atoms with Crippen molar-refractivity contribution in [1.29, 1.82) is 0 Å². The zero-order chi connectivity index (χ0) is 19.3. The van der Waals surface area contributed by atoms with Crippen molar-refractivity contribution in [3.8, 4) is 0 Å². The van der Waals surface area contributed by atoms with Crippen LogP contribution in [0.1, 0.15) is 46.1 Å². The third kappa shape index (κ3) is 3.30. The van der Waals surface area contributed by atoms with Crippen LogP contribution in [0.4, 0.5) is 0 Å². The number of rotatable bonds is 4. The second-order valence-corrected chi connectivity index (χ2v) is 7.94. The van der Waals surface area contributed by atoms with Gasteiger partial charge in [0.15, 0.2) is 5.65 Å². The van der Waals surface area contributed by atoms with E-state index in [2.05, 4.69) is 5.10 Å². The van der Waals surface area contributed by atoms with Gasteiger partial charge < -0.3 is 4.90 Å². The average molecular weight is 403 g/mol. The summed E-state index contributed by atoms with van der Waals surface area (Å²) in [5.41, 5.74) is 4.00. The maximum Gasteiger partial charge on any atom is 0.254 e. The number of aryl methyl sites for hydroxylation is 2. The summed E-state index contributed by atoms with van der Waals surface area (Å²) in [4.78, 5) is 19.7. The molecule has 0 unspecified atom stereocenters. The first-order valence-electron chi connectivity index (χ1n) is 8.89. The number of carbonyl (C=O) groups is 1. The Morgan fingerprint density at radius 3 is 2.78 bits per heavy atom. The highest BCUT2D eigenvalue weighted by Gasteiger charge is 2.29. The minimum absolute atomic E-state index is 0.0727. The summed E-state index contributed by atoms with van der Waals surface area (Å²) in [6.07, 6.45) is 2.24. The van der Waals surface area contributed by atoms with Crippen molar-refractivity contribution in [3.63, 3.8) is 0 Å². The van der Waals surface area contributed by atoms with Crippen molar-refractivity contribution in [2.75, 3.05) is 7.05 Å². The lowest BCUT2D eigenvalue weighted by Gasteiger charge is -2.19. The van der Waals surface area contributed by atoms with Crippen LogP contribution in [0.3, 0.4) is 0 Å². The number of fused-ring (bicyclic) bond motifs is 1.